The van der Waals surface area contributed by atoms with Crippen LogP contribution in [0, 0.1) is 0 Å². The molecule has 0 aromatic heterocycles. The summed E-state index contributed by atoms with van der Waals surface area (Å²) in [5.41, 5.74) is 0. The number of carbonyl (C=O) groups is 2. The van der Waals surface area contributed by atoms with Crippen LogP contribution in [0.25, 0.3) is 0 Å². The van der Waals surface area contributed by atoms with Crippen molar-refractivity contribution in [2.75, 3.05) is 33.9 Å². The molecule has 0 aromatic carbocycles. The molecule has 0 saturated carbocycles. The number of esters is 2. The minimum absolute atomic E-state index is 0.0105. The fraction of sp³-hybridized carbons (Fsp3) is 0.882. The molecule has 0 atom stereocenters. The molecule has 0 spiro atoms. The summed E-state index contributed by atoms with van der Waals surface area (Å²) in [7, 11) is 3.66. The van der Waals surface area contributed by atoms with Gasteiger partial charge >= 0.3 is 11.9 Å². The summed E-state index contributed by atoms with van der Waals surface area (Å²) in [6.45, 7) is 8.94. The van der Waals surface area contributed by atoms with Crippen LogP contribution in [0.4, 0.5) is 0 Å². The lowest BCUT2D eigenvalue weighted by molar-refractivity contribution is -0.151. The minimum Gasteiger partial charge on any atom is -0.461 e. The molecule has 0 aliphatic carbocycles. The van der Waals surface area contributed by atoms with Gasteiger partial charge in [0.25, 0.3) is 0 Å². The van der Waals surface area contributed by atoms with Crippen LogP contribution in [0.15, 0.2) is 0 Å². The van der Waals surface area contributed by atoms with Crippen molar-refractivity contribution < 1.29 is 19.1 Å². The van der Waals surface area contributed by atoms with Crippen LogP contribution in [0.3, 0.4) is 0 Å². The number of carbonyl (C=O) groups excluding carboxylic acids is 2. The summed E-state index contributed by atoms with van der Waals surface area (Å²) in [6, 6.07) is 0. The van der Waals surface area contributed by atoms with Gasteiger partial charge in [0, 0.05) is 0 Å². The molecule has 0 fully saturated rings. The van der Waals surface area contributed by atoms with Crippen molar-refractivity contribution >= 4 is 11.9 Å². The topological polar surface area (TPSA) is 59.1 Å². The third kappa shape index (κ3) is 10.3. The maximum atomic E-state index is 11.8. The summed E-state index contributed by atoms with van der Waals surface area (Å²) in [5.74, 6) is -0.455. The lowest BCUT2D eigenvalue weighted by Gasteiger charge is -2.24. The Kier molecular flexibility index (Phi) is 11.7. The summed E-state index contributed by atoms with van der Waals surface area (Å²) >= 11 is 0. The Morgan fingerprint density at radius 3 is 1.30 bits per heavy atom. The number of rotatable bonds is 12. The molecular weight excluding hydrogens is 296 g/mol. The van der Waals surface area contributed by atoms with Gasteiger partial charge in [-0.05, 0) is 39.8 Å². The Hall–Kier alpha value is -1.14. The lowest BCUT2D eigenvalue weighted by atomic mass is 10.2. The van der Waals surface area contributed by atoms with Crippen LogP contribution in [-0.2, 0) is 19.1 Å². The molecular formula is C17H34N2O4. The van der Waals surface area contributed by atoms with E-state index >= 15 is 0 Å². The molecule has 0 saturated heterocycles. The molecule has 23 heavy (non-hydrogen) atoms. The minimum atomic E-state index is -0.228. The lowest BCUT2D eigenvalue weighted by Crippen LogP contribution is -2.40. The summed E-state index contributed by atoms with van der Waals surface area (Å²) in [6.07, 6.45) is 3.29. The predicted octanol–water partition coefficient (Wildman–Crippen LogP) is 2.27. The molecule has 0 amide bonds. The van der Waals surface area contributed by atoms with Crippen LogP contribution in [0.1, 0.15) is 53.4 Å². The van der Waals surface area contributed by atoms with Gasteiger partial charge in [-0.15, -0.1) is 0 Å². The van der Waals surface area contributed by atoms with Crippen molar-refractivity contribution in [2.24, 2.45) is 0 Å². The van der Waals surface area contributed by atoms with E-state index in [1.807, 2.05) is 51.6 Å². The van der Waals surface area contributed by atoms with Gasteiger partial charge in [-0.3, -0.25) is 19.4 Å². The highest BCUT2D eigenvalue weighted by Crippen LogP contribution is 2.05. The fourth-order valence-electron chi connectivity index (χ4n) is 2.31. The standard InChI is InChI=1S/C17H34N2O4/c1-7-14(8-2)22-16(20)11-18(5)13-19(6)12-17(21)23-15(9-3)10-4/h14-15H,7-13H2,1-6H3. The maximum absolute atomic E-state index is 11.8. The largest absolute Gasteiger partial charge is 0.461 e. The van der Waals surface area contributed by atoms with Gasteiger partial charge < -0.3 is 9.47 Å². The Labute approximate surface area is 141 Å². The van der Waals surface area contributed by atoms with E-state index in [0.29, 0.717) is 6.67 Å². The third-order valence-corrected chi connectivity index (χ3v) is 3.70. The van der Waals surface area contributed by atoms with E-state index in [1.165, 1.54) is 0 Å². The first-order valence-electron chi connectivity index (χ1n) is 8.62. The van der Waals surface area contributed by atoms with Crippen LogP contribution in [-0.4, -0.2) is 67.8 Å². The number of ether oxygens (including phenoxy) is 2. The van der Waals surface area contributed by atoms with Crippen molar-refractivity contribution in [1.82, 2.24) is 9.80 Å². The number of hydrogen-bond acceptors (Lipinski definition) is 6. The quantitative estimate of drug-likeness (QED) is 0.404. The van der Waals surface area contributed by atoms with Gasteiger partial charge in [0.2, 0.25) is 0 Å². The highest BCUT2D eigenvalue weighted by Gasteiger charge is 2.16. The van der Waals surface area contributed by atoms with E-state index in [0.717, 1.165) is 25.7 Å². The van der Waals surface area contributed by atoms with Gasteiger partial charge in [-0.2, -0.15) is 0 Å². The van der Waals surface area contributed by atoms with Crippen LogP contribution in [0.5, 0.6) is 0 Å². The molecule has 0 radical (unpaired) electrons. The van der Waals surface area contributed by atoms with Crippen molar-refractivity contribution in [3.8, 4) is 0 Å². The van der Waals surface area contributed by atoms with Crippen molar-refractivity contribution in [1.29, 1.82) is 0 Å². The first-order valence-corrected chi connectivity index (χ1v) is 8.62. The summed E-state index contributed by atoms with van der Waals surface area (Å²) in [4.78, 5) is 27.3. The Balaban J connectivity index is 4.11. The normalized spacial score (nSPS) is 11.6. The Morgan fingerprint density at radius 2 is 1.04 bits per heavy atom. The van der Waals surface area contributed by atoms with Crippen molar-refractivity contribution in [2.45, 2.75) is 65.6 Å². The molecule has 0 aliphatic heterocycles. The van der Waals surface area contributed by atoms with Crippen molar-refractivity contribution in [3.05, 3.63) is 0 Å². The SMILES string of the molecule is CCC(CC)OC(=O)CN(C)CN(C)CC(=O)OC(CC)CC. The van der Waals surface area contributed by atoms with Crippen molar-refractivity contribution in [3.63, 3.8) is 0 Å². The molecule has 136 valence electrons. The molecule has 0 unspecified atom stereocenters. The average Bonchev–Trinajstić information content (AvgIpc) is 2.49. The van der Waals surface area contributed by atoms with Crippen LogP contribution in [0.2, 0.25) is 0 Å². The first kappa shape index (κ1) is 21.9. The second-order valence-corrected chi connectivity index (χ2v) is 6.03. The van der Waals surface area contributed by atoms with E-state index in [1.54, 1.807) is 0 Å². The second kappa shape index (κ2) is 12.3. The predicted molar refractivity (Wildman–Crippen MR) is 91.1 cm³/mol. The molecule has 0 bridgehead atoms. The number of nitrogens with zero attached hydrogens (tertiary/aromatic N) is 2. The molecule has 0 aliphatic rings. The highest BCUT2D eigenvalue weighted by atomic mass is 16.5. The number of hydrogen-bond donors (Lipinski definition) is 0. The monoisotopic (exact) mass is 330 g/mol. The summed E-state index contributed by atoms with van der Waals surface area (Å²) < 4.78 is 10.7. The second-order valence-electron chi connectivity index (χ2n) is 6.03. The Morgan fingerprint density at radius 1 is 0.739 bits per heavy atom. The smallest absolute Gasteiger partial charge is 0.320 e. The zero-order valence-corrected chi connectivity index (χ0v) is 15.6. The molecule has 0 heterocycles. The highest BCUT2D eigenvalue weighted by molar-refractivity contribution is 5.72. The van der Waals surface area contributed by atoms with Crippen LogP contribution >= 0.6 is 0 Å². The van der Waals surface area contributed by atoms with Gasteiger partial charge in [-0.1, -0.05) is 27.7 Å². The zero-order valence-electron chi connectivity index (χ0n) is 15.6. The van der Waals surface area contributed by atoms with E-state index in [4.69, 9.17) is 9.47 Å². The average molecular weight is 330 g/mol. The summed E-state index contributed by atoms with van der Waals surface area (Å²) in [5, 5.41) is 0. The molecule has 0 rings (SSSR count). The van der Waals surface area contributed by atoms with E-state index in [-0.39, 0.29) is 37.2 Å². The third-order valence-electron chi connectivity index (χ3n) is 3.70. The maximum Gasteiger partial charge on any atom is 0.320 e. The van der Waals surface area contributed by atoms with Gasteiger partial charge in [0.05, 0.1) is 19.8 Å². The molecule has 6 heteroatoms. The van der Waals surface area contributed by atoms with Gasteiger partial charge in [0.15, 0.2) is 0 Å². The van der Waals surface area contributed by atoms with Gasteiger partial charge in [-0.25, -0.2) is 0 Å². The van der Waals surface area contributed by atoms with Gasteiger partial charge in [0.1, 0.15) is 12.2 Å². The molecule has 6 nitrogen and oxygen atoms in total. The fourth-order valence-corrected chi connectivity index (χ4v) is 2.31. The number of likely N-dealkylation sites (N-methyl/N-ethyl adjacent to an activating group) is 2. The Bertz CT molecular complexity index is 309. The van der Waals surface area contributed by atoms with Crippen LogP contribution < -0.4 is 0 Å². The van der Waals surface area contributed by atoms with E-state index in [2.05, 4.69) is 0 Å². The first-order chi connectivity index (χ1) is 10.9. The van der Waals surface area contributed by atoms with E-state index in [9.17, 15) is 9.59 Å². The molecule has 0 N–H and O–H groups in total. The zero-order chi connectivity index (χ0) is 17.8. The van der Waals surface area contributed by atoms with E-state index < -0.39 is 0 Å². The molecule has 0 aromatic rings.